The molecule has 0 spiro atoms. The van der Waals surface area contributed by atoms with E-state index in [1.54, 1.807) is 4.68 Å². The number of aromatic nitrogens is 2. The molecule has 1 fully saturated rings. The molecule has 1 aliphatic rings. The predicted octanol–water partition coefficient (Wildman–Crippen LogP) is 0.508. The molecule has 1 N–H and O–H groups in total. The second-order valence-electron chi connectivity index (χ2n) is 5.43. The van der Waals surface area contributed by atoms with Crippen LogP contribution in [0.3, 0.4) is 0 Å². The Morgan fingerprint density at radius 3 is 2.62 bits per heavy atom. The third kappa shape index (κ3) is 4.66. The van der Waals surface area contributed by atoms with Crippen molar-refractivity contribution in [3.05, 3.63) is 16.4 Å². The number of aliphatic hydroxyl groups is 1. The van der Waals surface area contributed by atoms with E-state index in [9.17, 15) is 5.11 Å². The molecule has 1 aromatic rings. The summed E-state index contributed by atoms with van der Waals surface area (Å²) in [5.41, 5.74) is 2.01. The number of aryl methyl sites for hydroxylation is 2. The number of rotatable bonds is 7. The van der Waals surface area contributed by atoms with Gasteiger partial charge in [0.2, 0.25) is 0 Å². The molecular formula is C14H25ClN4O2. The first-order valence-corrected chi connectivity index (χ1v) is 7.81. The summed E-state index contributed by atoms with van der Waals surface area (Å²) in [7, 11) is 1.85. The van der Waals surface area contributed by atoms with Crippen LogP contribution in [0.15, 0.2) is 0 Å². The zero-order valence-corrected chi connectivity index (χ0v) is 13.6. The van der Waals surface area contributed by atoms with Crippen LogP contribution in [-0.2, 0) is 18.3 Å². The van der Waals surface area contributed by atoms with Gasteiger partial charge in [0, 0.05) is 51.9 Å². The predicted molar refractivity (Wildman–Crippen MR) is 82.6 cm³/mol. The molecule has 0 amide bonds. The lowest BCUT2D eigenvalue weighted by Crippen LogP contribution is -2.41. The fraction of sp³-hybridized carbons (Fsp3) is 0.786. The highest BCUT2D eigenvalue weighted by atomic mass is 35.5. The minimum Gasteiger partial charge on any atom is -0.395 e. The molecule has 1 saturated heterocycles. The second-order valence-corrected chi connectivity index (χ2v) is 5.79. The van der Waals surface area contributed by atoms with Crippen molar-refractivity contribution in [2.75, 3.05) is 52.5 Å². The maximum Gasteiger partial charge on any atom is 0.131 e. The van der Waals surface area contributed by atoms with Gasteiger partial charge in [0.05, 0.1) is 25.5 Å². The molecule has 0 radical (unpaired) electrons. The summed E-state index contributed by atoms with van der Waals surface area (Å²) < 4.78 is 7.06. The van der Waals surface area contributed by atoms with E-state index in [1.165, 1.54) is 0 Å². The van der Waals surface area contributed by atoms with Crippen LogP contribution in [0.1, 0.15) is 11.3 Å². The molecule has 0 atom stereocenters. The van der Waals surface area contributed by atoms with Crippen LogP contribution in [0.4, 0.5) is 0 Å². The summed E-state index contributed by atoms with van der Waals surface area (Å²) in [6.07, 6.45) is 0. The van der Waals surface area contributed by atoms with Crippen LogP contribution < -0.4 is 0 Å². The van der Waals surface area contributed by atoms with E-state index in [0.717, 1.165) is 57.2 Å². The van der Waals surface area contributed by atoms with E-state index in [1.807, 2.05) is 14.0 Å². The van der Waals surface area contributed by atoms with Crippen LogP contribution in [0, 0.1) is 6.92 Å². The largest absolute Gasteiger partial charge is 0.395 e. The summed E-state index contributed by atoms with van der Waals surface area (Å²) in [5.74, 6) is 0. The van der Waals surface area contributed by atoms with Gasteiger partial charge in [0.25, 0.3) is 0 Å². The van der Waals surface area contributed by atoms with Crippen LogP contribution in [0.25, 0.3) is 0 Å². The van der Waals surface area contributed by atoms with E-state index in [0.29, 0.717) is 11.7 Å². The highest BCUT2D eigenvalue weighted by Gasteiger charge is 2.17. The number of morpholine rings is 1. The van der Waals surface area contributed by atoms with Crippen LogP contribution in [0.2, 0.25) is 5.15 Å². The molecule has 7 heteroatoms. The zero-order valence-electron chi connectivity index (χ0n) is 12.9. The van der Waals surface area contributed by atoms with Crippen LogP contribution in [-0.4, -0.2) is 77.2 Å². The van der Waals surface area contributed by atoms with Crippen molar-refractivity contribution in [2.24, 2.45) is 7.05 Å². The second kappa shape index (κ2) is 8.10. The number of halogens is 1. The van der Waals surface area contributed by atoms with Crippen molar-refractivity contribution in [1.82, 2.24) is 19.6 Å². The molecule has 1 aromatic heterocycles. The molecule has 6 nitrogen and oxygen atoms in total. The first kappa shape index (κ1) is 16.7. The van der Waals surface area contributed by atoms with Crippen molar-refractivity contribution in [3.63, 3.8) is 0 Å². The Bertz CT molecular complexity index is 446. The molecule has 1 aliphatic heterocycles. The van der Waals surface area contributed by atoms with Gasteiger partial charge < -0.3 is 9.84 Å². The highest BCUT2D eigenvalue weighted by Crippen LogP contribution is 2.20. The Kier molecular flexibility index (Phi) is 6.44. The summed E-state index contributed by atoms with van der Waals surface area (Å²) in [5, 5.41) is 14.3. The smallest absolute Gasteiger partial charge is 0.131 e. The van der Waals surface area contributed by atoms with Gasteiger partial charge >= 0.3 is 0 Å². The van der Waals surface area contributed by atoms with Crippen molar-refractivity contribution < 1.29 is 9.84 Å². The third-order valence-electron chi connectivity index (χ3n) is 3.90. The molecule has 2 heterocycles. The first-order valence-electron chi connectivity index (χ1n) is 7.43. The number of ether oxygens (including phenoxy) is 1. The number of hydrogen-bond donors (Lipinski definition) is 1. The van der Waals surface area contributed by atoms with E-state index in [2.05, 4.69) is 14.9 Å². The maximum absolute atomic E-state index is 9.27. The Morgan fingerprint density at radius 2 is 2.05 bits per heavy atom. The van der Waals surface area contributed by atoms with Crippen molar-refractivity contribution in [1.29, 1.82) is 0 Å². The van der Waals surface area contributed by atoms with E-state index in [-0.39, 0.29) is 6.61 Å². The summed E-state index contributed by atoms with van der Waals surface area (Å²) in [6, 6.07) is 0. The zero-order chi connectivity index (χ0) is 15.2. The Hall–Kier alpha value is -0.660. The summed E-state index contributed by atoms with van der Waals surface area (Å²) in [6.45, 7) is 8.99. The Morgan fingerprint density at radius 1 is 1.33 bits per heavy atom. The average molecular weight is 317 g/mol. The molecule has 0 aliphatic carbocycles. The maximum atomic E-state index is 9.27. The molecule has 2 rings (SSSR count). The van der Waals surface area contributed by atoms with Gasteiger partial charge in [-0.2, -0.15) is 5.10 Å². The molecule has 0 saturated carbocycles. The minimum atomic E-state index is 0.153. The minimum absolute atomic E-state index is 0.153. The molecular weight excluding hydrogens is 292 g/mol. The SMILES string of the molecule is Cc1nn(C)c(Cl)c1CN(CCO)CCN1CCOCC1. The van der Waals surface area contributed by atoms with Gasteiger partial charge in [-0.15, -0.1) is 0 Å². The van der Waals surface area contributed by atoms with E-state index >= 15 is 0 Å². The Labute approximate surface area is 131 Å². The van der Waals surface area contributed by atoms with Gasteiger partial charge in [-0.05, 0) is 6.92 Å². The van der Waals surface area contributed by atoms with Crippen molar-refractivity contribution >= 4 is 11.6 Å². The molecule has 0 bridgehead atoms. The van der Waals surface area contributed by atoms with Crippen molar-refractivity contribution in [3.8, 4) is 0 Å². The first-order chi connectivity index (χ1) is 10.1. The van der Waals surface area contributed by atoms with Gasteiger partial charge in [-0.3, -0.25) is 14.5 Å². The van der Waals surface area contributed by atoms with Gasteiger partial charge in [-0.25, -0.2) is 0 Å². The average Bonchev–Trinajstić information content (AvgIpc) is 2.72. The summed E-state index contributed by atoms with van der Waals surface area (Å²) >= 11 is 6.29. The molecule has 0 aromatic carbocycles. The lowest BCUT2D eigenvalue weighted by Gasteiger charge is -2.29. The van der Waals surface area contributed by atoms with E-state index < -0.39 is 0 Å². The fourth-order valence-electron chi connectivity index (χ4n) is 2.60. The van der Waals surface area contributed by atoms with Gasteiger partial charge in [0.1, 0.15) is 5.15 Å². The van der Waals surface area contributed by atoms with Crippen LogP contribution in [0.5, 0.6) is 0 Å². The summed E-state index contributed by atoms with van der Waals surface area (Å²) in [4.78, 5) is 4.62. The molecule has 21 heavy (non-hydrogen) atoms. The topological polar surface area (TPSA) is 53.8 Å². The lowest BCUT2D eigenvalue weighted by atomic mass is 10.2. The van der Waals surface area contributed by atoms with E-state index in [4.69, 9.17) is 16.3 Å². The Balaban J connectivity index is 1.91. The molecule has 120 valence electrons. The third-order valence-corrected chi connectivity index (χ3v) is 4.38. The number of aliphatic hydroxyl groups excluding tert-OH is 1. The lowest BCUT2D eigenvalue weighted by molar-refractivity contribution is 0.0320. The quantitative estimate of drug-likeness (QED) is 0.794. The van der Waals surface area contributed by atoms with Crippen molar-refractivity contribution in [2.45, 2.75) is 13.5 Å². The highest BCUT2D eigenvalue weighted by molar-refractivity contribution is 6.30. The molecule has 0 unspecified atom stereocenters. The monoisotopic (exact) mass is 316 g/mol. The standard InChI is InChI=1S/C14H25ClN4O2/c1-12-13(14(15)17(2)16-12)11-19(5-8-20)4-3-18-6-9-21-10-7-18/h20H,3-11H2,1-2H3. The number of hydrogen-bond acceptors (Lipinski definition) is 5. The van der Waals surface area contributed by atoms with Crippen LogP contribution >= 0.6 is 11.6 Å². The van der Waals surface area contributed by atoms with Gasteiger partial charge in [-0.1, -0.05) is 11.6 Å². The number of nitrogens with zero attached hydrogens (tertiary/aromatic N) is 4. The normalized spacial score (nSPS) is 16.8. The fourth-order valence-corrected chi connectivity index (χ4v) is 2.83. The van der Waals surface area contributed by atoms with Gasteiger partial charge in [0.15, 0.2) is 0 Å².